The predicted octanol–water partition coefficient (Wildman–Crippen LogP) is 2.66. The largest absolute Gasteiger partial charge is 0.464 e. The number of ether oxygens (including phenoxy) is 1. The average molecular weight is 303 g/mol. The molecule has 0 atom stereocenters. The van der Waals surface area contributed by atoms with Gasteiger partial charge in [0.25, 0.3) is 5.91 Å². The molecule has 0 fully saturated rings. The number of esters is 1. The van der Waals surface area contributed by atoms with E-state index >= 15 is 0 Å². The number of aryl methyl sites for hydroxylation is 2. The van der Waals surface area contributed by atoms with Gasteiger partial charge in [0.05, 0.1) is 12.7 Å². The molecule has 2 aromatic rings. The smallest absolute Gasteiger partial charge is 0.310 e. The van der Waals surface area contributed by atoms with Crippen LogP contribution in [0, 0.1) is 13.8 Å². The fraction of sp³-hybridized carbons (Fsp3) is 0.412. The maximum absolute atomic E-state index is 11.9. The molecule has 1 N–H and O–H groups in total. The molecule has 0 bridgehead atoms. The Labute approximate surface area is 129 Å². The van der Waals surface area contributed by atoms with Crippen molar-refractivity contribution in [2.24, 2.45) is 0 Å². The Balaban J connectivity index is 2.01. The van der Waals surface area contributed by atoms with Crippen LogP contribution in [0.4, 0.5) is 0 Å². The third-order valence-corrected chi connectivity index (χ3v) is 3.49. The van der Waals surface area contributed by atoms with Crippen LogP contribution >= 0.6 is 0 Å². The molecule has 1 aromatic carbocycles. The van der Waals surface area contributed by atoms with Gasteiger partial charge in [0.2, 0.25) is 0 Å². The molecule has 22 heavy (non-hydrogen) atoms. The van der Waals surface area contributed by atoms with Gasteiger partial charge in [-0.2, -0.15) is 0 Å². The first-order valence-corrected chi connectivity index (χ1v) is 7.29. The molecule has 0 aliphatic rings. The fourth-order valence-electron chi connectivity index (χ4n) is 2.24. The van der Waals surface area contributed by atoms with E-state index in [0.29, 0.717) is 0 Å². The number of benzene rings is 1. The molecule has 0 radical (unpaired) electrons. The Hall–Kier alpha value is -2.30. The van der Waals surface area contributed by atoms with Crippen molar-refractivity contribution in [2.45, 2.75) is 40.2 Å². The zero-order valence-corrected chi connectivity index (χ0v) is 13.4. The number of rotatable bonds is 5. The molecule has 0 saturated carbocycles. The van der Waals surface area contributed by atoms with E-state index < -0.39 is 5.97 Å². The monoisotopic (exact) mass is 303 g/mol. The van der Waals surface area contributed by atoms with E-state index in [9.17, 15) is 9.59 Å². The van der Waals surface area contributed by atoms with Gasteiger partial charge in [0, 0.05) is 17.0 Å². The molecule has 0 aliphatic carbocycles. The van der Waals surface area contributed by atoms with Crippen LogP contribution in [-0.2, 0) is 20.7 Å². The molecule has 0 aliphatic heterocycles. The van der Waals surface area contributed by atoms with Crippen LogP contribution in [0.5, 0.6) is 0 Å². The highest BCUT2D eigenvalue weighted by atomic mass is 16.5. The number of hydrogen-bond acceptors (Lipinski definition) is 4. The van der Waals surface area contributed by atoms with Gasteiger partial charge in [-0.05, 0) is 38.8 Å². The van der Waals surface area contributed by atoms with E-state index in [2.05, 4.69) is 5.32 Å². The number of fused-ring (bicyclic) bond motifs is 1. The van der Waals surface area contributed by atoms with E-state index in [0.717, 1.165) is 27.7 Å². The summed E-state index contributed by atoms with van der Waals surface area (Å²) in [5.74, 6) is -0.744. The topological polar surface area (TPSA) is 68.5 Å². The SMILES string of the molecule is Cc1ccc2c(CC(=O)OCC(=O)NC(C)C)coc2c1C. The number of carbonyl (C=O) groups is 2. The molecule has 2 rings (SSSR count). The van der Waals surface area contributed by atoms with Gasteiger partial charge in [-0.1, -0.05) is 12.1 Å². The lowest BCUT2D eigenvalue weighted by atomic mass is 10.0. The minimum Gasteiger partial charge on any atom is -0.464 e. The molecule has 5 heteroatoms. The zero-order valence-electron chi connectivity index (χ0n) is 13.4. The van der Waals surface area contributed by atoms with Crippen molar-refractivity contribution >= 4 is 22.8 Å². The first-order chi connectivity index (χ1) is 10.4. The Morgan fingerprint density at radius 2 is 2.00 bits per heavy atom. The maximum Gasteiger partial charge on any atom is 0.310 e. The van der Waals surface area contributed by atoms with Crippen LogP contribution in [0.15, 0.2) is 22.8 Å². The lowest BCUT2D eigenvalue weighted by Gasteiger charge is -2.08. The van der Waals surface area contributed by atoms with Crippen molar-refractivity contribution in [3.8, 4) is 0 Å². The van der Waals surface area contributed by atoms with Gasteiger partial charge in [-0.25, -0.2) is 0 Å². The van der Waals surface area contributed by atoms with Gasteiger partial charge >= 0.3 is 5.97 Å². The second-order valence-electron chi connectivity index (χ2n) is 5.70. The summed E-state index contributed by atoms with van der Waals surface area (Å²) in [6, 6.07) is 3.96. The van der Waals surface area contributed by atoms with Gasteiger partial charge < -0.3 is 14.5 Å². The van der Waals surface area contributed by atoms with Gasteiger partial charge in [-0.15, -0.1) is 0 Å². The number of hydrogen-bond donors (Lipinski definition) is 1. The number of carbonyl (C=O) groups excluding carboxylic acids is 2. The van der Waals surface area contributed by atoms with E-state index in [1.807, 2.05) is 39.8 Å². The van der Waals surface area contributed by atoms with E-state index in [4.69, 9.17) is 9.15 Å². The minimum absolute atomic E-state index is 0.0234. The van der Waals surface area contributed by atoms with Crippen LogP contribution in [0.25, 0.3) is 11.0 Å². The molecule has 0 spiro atoms. The highest BCUT2D eigenvalue weighted by molar-refractivity contribution is 5.89. The zero-order chi connectivity index (χ0) is 16.3. The van der Waals surface area contributed by atoms with Crippen LogP contribution in [0.1, 0.15) is 30.5 Å². The number of nitrogens with one attached hydrogen (secondary N) is 1. The quantitative estimate of drug-likeness (QED) is 0.862. The average Bonchev–Trinajstić information content (AvgIpc) is 2.84. The van der Waals surface area contributed by atoms with Crippen molar-refractivity contribution in [1.29, 1.82) is 0 Å². The molecule has 1 heterocycles. The highest BCUT2D eigenvalue weighted by Crippen LogP contribution is 2.26. The Kier molecular flexibility index (Phi) is 4.85. The summed E-state index contributed by atoms with van der Waals surface area (Å²) in [6.45, 7) is 7.44. The molecule has 1 aromatic heterocycles. The van der Waals surface area contributed by atoms with E-state index in [1.165, 1.54) is 0 Å². The summed E-state index contributed by atoms with van der Waals surface area (Å²) >= 11 is 0. The van der Waals surface area contributed by atoms with Gasteiger partial charge in [0.15, 0.2) is 6.61 Å². The summed E-state index contributed by atoms with van der Waals surface area (Å²) < 4.78 is 10.5. The molecular weight excluding hydrogens is 282 g/mol. The van der Waals surface area contributed by atoms with E-state index in [-0.39, 0.29) is 25.0 Å². The number of furan rings is 1. The van der Waals surface area contributed by atoms with Crippen molar-refractivity contribution < 1.29 is 18.7 Å². The Morgan fingerprint density at radius 1 is 1.27 bits per heavy atom. The Morgan fingerprint density at radius 3 is 2.68 bits per heavy atom. The number of amides is 1. The molecule has 118 valence electrons. The van der Waals surface area contributed by atoms with Gasteiger partial charge in [-0.3, -0.25) is 9.59 Å². The molecule has 1 amide bonds. The second kappa shape index (κ2) is 6.64. The van der Waals surface area contributed by atoms with Crippen molar-refractivity contribution in [1.82, 2.24) is 5.32 Å². The van der Waals surface area contributed by atoms with Gasteiger partial charge in [0.1, 0.15) is 5.58 Å². The normalized spacial score (nSPS) is 11.0. The van der Waals surface area contributed by atoms with Crippen LogP contribution in [-0.4, -0.2) is 24.5 Å². The van der Waals surface area contributed by atoms with Crippen molar-refractivity contribution in [3.63, 3.8) is 0 Å². The van der Waals surface area contributed by atoms with Crippen molar-refractivity contribution in [2.75, 3.05) is 6.61 Å². The summed E-state index contributed by atoms with van der Waals surface area (Å²) in [4.78, 5) is 23.3. The summed E-state index contributed by atoms with van der Waals surface area (Å²) in [7, 11) is 0. The summed E-state index contributed by atoms with van der Waals surface area (Å²) in [5, 5.41) is 3.57. The third-order valence-electron chi connectivity index (χ3n) is 3.49. The standard InChI is InChI=1S/C17H21NO4/c1-10(2)18-15(19)9-21-16(20)7-13-8-22-17-12(4)11(3)5-6-14(13)17/h5-6,8,10H,7,9H2,1-4H3,(H,18,19). The maximum atomic E-state index is 11.9. The highest BCUT2D eigenvalue weighted by Gasteiger charge is 2.14. The minimum atomic E-state index is -0.445. The third kappa shape index (κ3) is 3.67. The molecule has 0 saturated heterocycles. The van der Waals surface area contributed by atoms with Crippen molar-refractivity contribution in [3.05, 3.63) is 35.1 Å². The van der Waals surface area contributed by atoms with E-state index in [1.54, 1.807) is 6.26 Å². The first kappa shape index (κ1) is 16.1. The van der Waals surface area contributed by atoms with Crippen LogP contribution in [0.2, 0.25) is 0 Å². The molecule has 5 nitrogen and oxygen atoms in total. The predicted molar refractivity (Wildman–Crippen MR) is 83.6 cm³/mol. The molecule has 0 unspecified atom stereocenters. The van der Waals surface area contributed by atoms with Crippen LogP contribution < -0.4 is 5.32 Å². The lowest BCUT2D eigenvalue weighted by Crippen LogP contribution is -2.34. The lowest BCUT2D eigenvalue weighted by molar-refractivity contribution is -0.148. The fourth-order valence-corrected chi connectivity index (χ4v) is 2.24. The summed E-state index contributed by atoms with van der Waals surface area (Å²) in [6.07, 6.45) is 1.66. The van der Waals surface area contributed by atoms with Crippen LogP contribution in [0.3, 0.4) is 0 Å². The Bertz CT molecular complexity index is 700. The second-order valence-corrected chi connectivity index (χ2v) is 5.70. The summed E-state index contributed by atoms with van der Waals surface area (Å²) in [5.41, 5.74) is 3.77. The molecular formula is C17H21NO4. The first-order valence-electron chi connectivity index (χ1n) is 7.29.